The molecule has 0 saturated carbocycles. The van der Waals surface area contributed by atoms with E-state index in [2.05, 4.69) is 0 Å². The molecule has 1 aliphatic heterocycles. The van der Waals surface area contributed by atoms with E-state index < -0.39 is 0 Å². The first-order valence-electron chi connectivity index (χ1n) is 9.39. The summed E-state index contributed by atoms with van der Waals surface area (Å²) in [5.41, 5.74) is 2.14. The standard InChI is InChI=1S/C24H20FNO3/c25-20-10-8-19(9-11-20)24(27)26(14-4-7-18-5-2-1-3-6-18)21-12-13-22-23(17-21)29-16-15-28-22/h1-13,17H,14-16H2/b7-4+. The van der Waals surface area contributed by atoms with E-state index in [9.17, 15) is 9.18 Å². The minimum absolute atomic E-state index is 0.223. The lowest BCUT2D eigenvalue weighted by Gasteiger charge is -2.24. The Labute approximate surface area is 168 Å². The van der Waals surface area contributed by atoms with Crippen molar-refractivity contribution in [1.29, 1.82) is 0 Å². The first-order valence-corrected chi connectivity index (χ1v) is 9.39. The predicted octanol–water partition coefficient (Wildman–Crippen LogP) is 4.96. The molecule has 29 heavy (non-hydrogen) atoms. The van der Waals surface area contributed by atoms with Gasteiger partial charge in [-0.05, 0) is 42.0 Å². The van der Waals surface area contributed by atoms with Gasteiger partial charge in [0.1, 0.15) is 19.0 Å². The third kappa shape index (κ3) is 4.46. The number of benzene rings is 3. The highest BCUT2D eigenvalue weighted by molar-refractivity contribution is 6.06. The molecule has 0 spiro atoms. The van der Waals surface area contributed by atoms with E-state index in [1.807, 2.05) is 48.6 Å². The maximum Gasteiger partial charge on any atom is 0.258 e. The number of hydrogen-bond acceptors (Lipinski definition) is 3. The minimum Gasteiger partial charge on any atom is -0.486 e. The highest BCUT2D eigenvalue weighted by Crippen LogP contribution is 2.34. The lowest BCUT2D eigenvalue weighted by Crippen LogP contribution is -2.31. The summed E-state index contributed by atoms with van der Waals surface area (Å²) in [4.78, 5) is 14.8. The summed E-state index contributed by atoms with van der Waals surface area (Å²) >= 11 is 0. The maximum atomic E-state index is 13.3. The van der Waals surface area contributed by atoms with Gasteiger partial charge in [-0.25, -0.2) is 4.39 Å². The third-order valence-electron chi connectivity index (χ3n) is 4.57. The number of carbonyl (C=O) groups excluding carboxylic acids is 1. The number of hydrogen-bond donors (Lipinski definition) is 0. The number of nitrogens with zero attached hydrogens (tertiary/aromatic N) is 1. The van der Waals surface area contributed by atoms with Crippen LogP contribution in [0.15, 0.2) is 78.9 Å². The van der Waals surface area contributed by atoms with Crippen LogP contribution in [0.2, 0.25) is 0 Å². The second kappa shape index (κ2) is 8.61. The largest absolute Gasteiger partial charge is 0.486 e. The van der Waals surface area contributed by atoms with Gasteiger partial charge in [0.05, 0.1) is 0 Å². The van der Waals surface area contributed by atoms with Crippen LogP contribution >= 0.6 is 0 Å². The van der Waals surface area contributed by atoms with Gasteiger partial charge >= 0.3 is 0 Å². The smallest absolute Gasteiger partial charge is 0.258 e. The quantitative estimate of drug-likeness (QED) is 0.619. The molecule has 0 saturated heterocycles. The molecule has 0 radical (unpaired) electrons. The molecule has 0 atom stereocenters. The van der Waals surface area contributed by atoms with Crippen molar-refractivity contribution in [1.82, 2.24) is 0 Å². The van der Waals surface area contributed by atoms with Gasteiger partial charge in [0, 0.05) is 23.9 Å². The van der Waals surface area contributed by atoms with E-state index in [1.54, 1.807) is 17.0 Å². The van der Waals surface area contributed by atoms with Gasteiger partial charge in [-0.2, -0.15) is 0 Å². The summed E-state index contributed by atoms with van der Waals surface area (Å²) < 4.78 is 24.5. The Kier molecular flexibility index (Phi) is 5.56. The summed E-state index contributed by atoms with van der Waals surface area (Å²) in [6, 6.07) is 20.8. The Morgan fingerprint density at radius 1 is 0.931 bits per heavy atom. The molecule has 0 unspecified atom stereocenters. The number of rotatable bonds is 5. The monoisotopic (exact) mass is 389 g/mol. The first kappa shape index (κ1) is 18.7. The van der Waals surface area contributed by atoms with Crippen LogP contribution in [0.4, 0.5) is 10.1 Å². The molecule has 3 aromatic carbocycles. The van der Waals surface area contributed by atoms with Crippen molar-refractivity contribution in [3.8, 4) is 11.5 Å². The highest BCUT2D eigenvalue weighted by atomic mass is 19.1. The van der Waals surface area contributed by atoms with Crippen molar-refractivity contribution in [3.63, 3.8) is 0 Å². The van der Waals surface area contributed by atoms with E-state index >= 15 is 0 Å². The van der Waals surface area contributed by atoms with Gasteiger partial charge in [-0.3, -0.25) is 4.79 Å². The van der Waals surface area contributed by atoms with Gasteiger partial charge in [-0.1, -0.05) is 42.5 Å². The lowest BCUT2D eigenvalue weighted by molar-refractivity contribution is 0.0989. The second-order valence-electron chi connectivity index (χ2n) is 6.56. The molecule has 0 aliphatic carbocycles. The summed E-state index contributed by atoms with van der Waals surface area (Å²) in [7, 11) is 0. The highest BCUT2D eigenvalue weighted by Gasteiger charge is 2.20. The molecule has 146 valence electrons. The Morgan fingerprint density at radius 2 is 1.66 bits per heavy atom. The summed E-state index contributed by atoms with van der Waals surface area (Å²) in [5.74, 6) is 0.669. The number of amides is 1. The molecule has 1 aliphatic rings. The van der Waals surface area contributed by atoms with Gasteiger partial charge < -0.3 is 14.4 Å². The zero-order chi connectivity index (χ0) is 20.1. The fraction of sp³-hybridized carbons (Fsp3) is 0.125. The molecular formula is C24H20FNO3. The Balaban J connectivity index is 1.63. The molecule has 5 heteroatoms. The van der Waals surface area contributed by atoms with Crippen LogP contribution in [0.25, 0.3) is 6.08 Å². The van der Waals surface area contributed by atoms with Crippen molar-refractivity contribution >= 4 is 17.7 Å². The third-order valence-corrected chi connectivity index (χ3v) is 4.57. The molecule has 4 rings (SSSR count). The van der Waals surface area contributed by atoms with Crippen LogP contribution in [0, 0.1) is 5.82 Å². The maximum absolute atomic E-state index is 13.3. The van der Waals surface area contributed by atoms with Gasteiger partial charge in [0.25, 0.3) is 5.91 Å². The van der Waals surface area contributed by atoms with E-state index in [0.29, 0.717) is 42.5 Å². The molecule has 4 nitrogen and oxygen atoms in total. The van der Waals surface area contributed by atoms with Crippen LogP contribution in [0.1, 0.15) is 15.9 Å². The molecule has 0 N–H and O–H groups in total. The first-order chi connectivity index (χ1) is 14.2. The number of anilines is 1. The summed E-state index contributed by atoms with van der Waals surface area (Å²) in [6.07, 6.45) is 3.89. The minimum atomic E-state index is -0.378. The average Bonchev–Trinajstić information content (AvgIpc) is 2.77. The van der Waals surface area contributed by atoms with Crippen LogP contribution in [-0.4, -0.2) is 25.7 Å². The fourth-order valence-corrected chi connectivity index (χ4v) is 3.11. The van der Waals surface area contributed by atoms with Crippen LogP contribution in [0.3, 0.4) is 0 Å². The summed E-state index contributed by atoms with van der Waals surface area (Å²) in [5, 5.41) is 0. The van der Waals surface area contributed by atoms with Gasteiger partial charge in [-0.15, -0.1) is 0 Å². The average molecular weight is 389 g/mol. The number of carbonyl (C=O) groups is 1. The molecule has 3 aromatic rings. The summed E-state index contributed by atoms with van der Waals surface area (Å²) in [6.45, 7) is 1.32. The lowest BCUT2D eigenvalue weighted by atomic mass is 10.1. The Hall–Kier alpha value is -3.60. The van der Waals surface area contributed by atoms with E-state index in [1.165, 1.54) is 24.3 Å². The Morgan fingerprint density at radius 3 is 2.41 bits per heavy atom. The van der Waals surface area contributed by atoms with Crippen LogP contribution in [0.5, 0.6) is 11.5 Å². The van der Waals surface area contributed by atoms with Crippen molar-refractivity contribution in [3.05, 3.63) is 95.8 Å². The van der Waals surface area contributed by atoms with Crippen molar-refractivity contribution in [2.75, 3.05) is 24.7 Å². The number of fused-ring (bicyclic) bond motifs is 1. The fourth-order valence-electron chi connectivity index (χ4n) is 3.11. The number of halogens is 1. The van der Waals surface area contributed by atoms with Crippen molar-refractivity contribution in [2.45, 2.75) is 0 Å². The molecule has 0 fully saturated rings. The predicted molar refractivity (Wildman–Crippen MR) is 111 cm³/mol. The van der Waals surface area contributed by atoms with E-state index in [-0.39, 0.29) is 11.7 Å². The van der Waals surface area contributed by atoms with E-state index in [0.717, 1.165) is 5.56 Å². The van der Waals surface area contributed by atoms with Crippen LogP contribution < -0.4 is 14.4 Å². The Bertz CT molecular complexity index is 1020. The zero-order valence-electron chi connectivity index (χ0n) is 15.8. The number of ether oxygens (including phenoxy) is 2. The van der Waals surface area contributed by atoms with Crippen molar-refractivity contribution < 1.29 is 18.7 Å². The van der Waals surface area contributed by atoms with Crippen molar-refractivity contribution in [2.24, 2.45) is 0 Å². The molecule has 1 amide bonds. The molecule has 1 heterocycles. The van der Waals surface area contributed by atoms with Gasteiger partial charge in [0.2, 0.25) is 0 Å². The van der Waals surface area contributed by atoms with Gasteiger partial charge in [0.15, 0.2) is 11.5 Å². The SMILES string of the molecule is O=C(c1ccc(F)cc1)N(C/C=C/c1ccccc1)c1ccc2c(c1)OCCO2. The molecular weight excluding hydrogens is 369 g/mol. The zero-order valence-corrected chi connectivity index (χ0v) is 15.8. The molecule has 0 aromatic heterocycles. The van der Waals surface area contributed by atoms with E-state index in [4.69, 9.17) is 9.47 Å². The van der Waals surface area contributed by atoms with Crippen LogP contribution in [-0.2, 0) is 0 Å². The normalized spacial score (nSPS) is 12.7. The second-order valence-corrected chi connectivity index (χ2v) is 6.56. The molecule has 0 bridgehead atoms. The topological polar surface area (TPSA) is 38.8 Å².